The highest BCUT2D eigenvalue weighted by atomic mass is 79.9. The number of aryl methyl sites for hydroxylation is 1. The Hall–Kier alpha value is -3.03. The molecule has 0 radical (unpaired) electrons. The van der Waals surface area contributed by atoms with Crippen molar-refractivity contribution in [3.63, 3.8) is 0 Å². The normalized spacial score (nSPS) is 16.6. The van der Waals surface area contributed by atoms with Gasteiger partial charge in [0.1, 0.15) is 10.8 Å². The van der Waals surface area contributed by atoms with Gasteiger partial charge >= 0.3 is 6.03 Å². The van der Waals surface area contributed by atoms with Crippen LogP contribution >= 0.6 is 27.3 Å². The number of methoxy groups -OCH3 is 1. The van der Waals surface area contributed by atoms with Gasteiger partial charge in [-0.2, -0.15) is 0 Å². The number of hydrogen-bond acceptors (Lipinski definition) is 3. The zero-order valence-corrected chi connectivity index (χ0v) is 21.9. The fourth-order valence-electron chi connectivity index (χ4n) is 5.30. The Bertz CT molecular complexity index is 1410. The number of hydrogen-bond donors (Lipinski definition) is 1. The summed E-state index contributed by atoms with van der Waals surface area (Å²) < 4.78 is 8.70. The van der Waals surface area contributed by atoms with E-state index < -0.39 is 0 Å². The van der Waals surface area contributed by atoms with Crippen LogP contribution in [0.25, 0.3) is 5.00 Å². The van der Waals surface area contributed by atoms with Gasteiger partial charge in [-0.05, 0) is 89.1 Å². The third kappa shape index (κ3) is 3.96. The van der Waals surface area contributed by atoms with Crippen molar-refractivity contribution in [3.8, 4) is 10.8 Å². The molecule has 0 fully saturated rings. The molecule has 2 aromatic heterocycles. The zero-order valence-electron chi connectivity index (χ0n) is 19.5. The number of anilines is 1. The number of fused-ring (bicyclic) bond motifs is 5. The van der Waals surface area contributed by atoms with Crippen LogP contribution in [0.4, 0.5) is 10.5 Å². The molecule has 0 bridgehead atoms. The average molecular weight is 549 g/mol. The Morgan fingerprint density at radius 1 is 1.06 bits per heavy atom. The van der Waals surface area contributed by atoms with Crippen LogP contribution in [0, 0.1) is 0 Å². The van der Waals surface area contributed by atoms with Gasteiger partial charge in [-0.25, -0.2) is 4.79 Å². The van der Waals surface area contributed by atoms with Crippen LogP contribution in [0.3, 0.4) is 0 Å². The summed E-state index contributed by atoms with van der Waals surface area (Å²) in [6.45, 7) is 0.557. The number of ether oxygens (including phenoxy) is 1. The maximum absolute atomic E-state index is 14.0. The lowest BCUT2D eigenvalue weighted by Gasteiger charge is -2.31. The molecule has 1 aliphatic heterocycles. The van der Waals surface area contributed by atoms with E-state index in [2.05, 4.69) is 50.2 Å². The van der Waals surface area contributed by atoms with Gasteiger partial charge in [-0.3, -0.25) is 0 Å². The molecule has 3 heterocycles. The van der Waals surface area contributed by atoms with Gasteiger partial charge in [-0.1, -0.05) is 24.3 Å². The molecule has 1 atom stereocenters. The Balaban J connectivity index is 1.51. The van der Waals surface area contributed by atoms with Crippen LogP contribution in [0.5, 0.6) is 5.75 Å². The molecule has 0 saturated carbocycles. The predicted octanol–water partition coefficient (Wildman–Crippen LogP) is 7.33. The molecule has 2 aliphatic rings. The lowest BCUT2D eigenvalue weighted by molar-refractivity contribution is 0.194. The van der Waals surface area contributed by atoms with E-state index in [1.165, 1.54) is 33.8 Å². The first-order valence-corrected chi connectivity index (χ1v) is 13.5. The first-order chi connectivity index (χ1) is 17.1. The third-order valence-electron chi connectivity index (χ3n) is 6.96. The minimum atomic E-state index is -0.263. The second-order valence-corrected chi connectivity index (χ2v) is 11.0. The highest BCUT2D eigenvalue weighted by molar-refractivity contribution is 9.10. The molecule has 35 heavy (non-hydrogen) atoms. The SMILES string of the molecule is COc1cccc(C2c3cccn3-c3sc4c(c3CN2C(=O)Nc2ccccc2Br)CCCC4)c1. The minimum Gasteiger partial charge on any atom is -0.497 e. The van der Waals surface area contributed by atoms with Crippen LogP contribution in [0.1, 0.15) is 46.1 Å². The number of urea groups is 1. The van der Waals surface area contributed by atoms with Crippen LogP contribution in [-0.2, 0) is 19.4 Å². The van der Waals surface area contributed by atoms with Gasteiger partial charge in [0.25, 0.3) is 0 Å². The van der Waals surface area contributed by atoms with Crippen LogP contribution in [-0.4, -0.2) is 22.6 Å². The number of nitrogens with one attached hydrogen (secondary N) is 1. The van der Waals surface area contributed by atoms with Crippen LogP contribution in [0.15, 0.2) is 71.3 Å². The molecule has 1 unspecified atom stereocenters. The van der Waals surface area contributed by atoms with E-state index in [9.17, 15) is 4.79 Å². The molecule has 1 aliphatic carbocycles. The van der Waals surface area contributed by atoms with Crippen molar-refractivity contribution in [1.29, 1.82) is 0 Å². The summed E-state index contributed by atoms with van der Waals surface area (Å²) in [5.74, 6) is 0.781. The summed E-state index contributed by atoms with van der Waals surface area (Å²) in [6.07, 6.45) is 6.80. The standard InChI is InChI=1S/C28H26BrN3O2S/c1-34-19-9-6-8-18(16-19)26-24-13-7-15-31(24)27-21(20-10-2-5-14-25(20)35-27)17-32(26)28(33)30-23-12-4-3-11-22(23)29/h3-4,6-9,11-13,15-16,26H,2,5,10,14,17H2,1H3,(H,30,33). The highest BCUT2D eigenvalue weighted by Gasteiger charge is 2.36. The lowest BCUT2D eigenvalue weighted by atomic mass is 9.95. The fraction of sp³-hybridized carbons (Fsp3) is 0.250. The molecule has 1 N–H and O–H groups in total. The smallest absolute Gasteiger partial charge is 0.323 e. The zero-order chi connectivity index (χ0) is 23.9. The Kier molecular flexibility index (Phi) is 5.90. The van der Waals surface area contributed by atoms with Crippen molar-refractivity contribution in [1.82, 2.24) is 9.47 Å². The molecule has 7 heteroatoms. The van der Waals surface area contributed by atoms with Gasteiger partial charge < -0.3 is 19.5 Å². The van der Waals surface area contributed by atoms with Crippen molar-refractivity contribution < 1.29 is 9.53 Å². The van der Waals surface area contributed by atoms with Gasteiger partial charge in [0.2, 0.25) is 0 Å². The number of para-hydroxylation sites is 1. The first-order valence-electron chi connectivity index (χ1n) is 11.9. The molecule has 5 nitrogen and oxygen atoms in total. The number of thiophene rings is 1. The number of benzene rings is 2. The van der Waals surface area contributed by atoms with E-state index in [4.69, 9.17) is 4.74 Å². The van der Waals surface area contributed by atoms with Crippen LogP contribution < -0.4 is 10.1 Å². The average Bonchev–Trinajstić information content (AvgIpc) is 3.47. The second-order valence-electron chi connectivity index (χ2n) is 9.01. The number of carbonyl (C=O) groups is 1. The quantitative estimate of drug-likeness (QED) is 0.292. The van der Waals surface area contributed by atoms with E-state index >= 15 is 0 Å². The third-order valence-corrected chi connectivity index (χ3v) is 8.99. The fourth-order valence-corrected chi connectivity index (χ4v) is 7.09. The first kappa shape index (κ1) is 22.4. The maximum Gasteiger partial charge on any atom is 0.323 e. The van der Waals surface area contributed by atoms with Crippen molar-refractivity contribution in [2.24, 2.45) is 0 Å². The van der Waals surface area contributed by atoms with E-state index in [-0.39, 0.29) is 12.1 Å². The topological polar surface area (TPSA) is 46.5 Å². The summed E-state index contributed by atoms with van der Waals surface area (Å²) in [5.41, 5.74) is 5.60. The van der Waals surface area contributed by atoms with Crippen molar-refractivity contribution in [3.05, 3.63) is 98.6 Å². The molecule has 0 spiro atoms. The van der Waals surface area contributed by atoms with Crippen molar-refractivity contribution >= 4 is 39.0 Å². The molecular weight excluding hydrogens is 522 g/mol. The molecule has 0 saturated heterocycles. The Morgan fingerprint density at radius 2 is 1.91 bits per heavy atom. The van der Waals surface area contributed by atoms with E-state index in [1.807, 2.05) is 58.7 Å². The van der Waals surface area contributed by atoms with Crippen molar-refractivity contribution in [2.75, 3.05) is 12.4 Å². The van der Waals surface area contributed by atoms with E-state index in [0.29, 0.717) is 6.54 Å². The summed E-state index contributed by atoms with van der Waals surface area (Å²) in [4.78, 5) is 17.5. The predicted molar refractivity (Wildman–Crippen MR) is 144 cm³/mol. The van der Waals surface area contributed by atoms with Gasteiger partial charge in [0.05, 0.1) is 31.1 Å². The number of rotatable bonds is 3. The number of nitrogens with zero attached hydrogens (tertiary/aromatic N) is 2. The summed E-state index contributed by atoms with van der Waals surface area (Å²) in [7, 11) is 1.68. The number of carbonyl (C=O) groups excluding carboxylic acids is 1. The highest BCUT2D eigenvalue weighted by Crippen LogP contribution is 2.44. The van der Waals surface area contributed by atoms with Gasteiger partial charge in [-0.15, -0.1) is 11.3 Å². The molecule has 6 rings (SSSR count). The number of aromatic nitrogens is 1. The van der Waals surface area contributed by atoms with Gasteiger partial charge in [0, 0.05) is 21.1 Å². The Morgan fingerprint density at radius 3 is 2.77 bits per heavy atom. The monoisotopic (exact) mass is 547 g/mol. The van der Waals surface area contributed by atoms with E-state index in [0.717, 1.165) is 40.0 Å². The van der Waals surface area contributed by atoms with E-state index in [1.54, 1.807) is 7.11 Å². The molecule has 2 aromatic carbocycles. The van der Waals surface area contributed by atoms with Gasteiger partial charge in [0.15, 0.2) is 0 Å². The molecular formula is C28H26BrN3O2S. The Labute approximate surface area is 217 Å². The molecule has 4 aromatic rings. The maximum atomic E-state index is 14.0. The second kappa shape index (κ2) is 9.21. The molecule has 2 amide bonds. The largest absolute Gasteiger partial charge is 0.497 e. The number of halogens is 1. The number of amides is 2. The minimum absolute atomic E-state index is 0.124. The summed E-state index contributed by atoms with van der Waals surface area (Å²) in [5, 5.41) is 4.42. The summed E-state index contributed by atoms with van der Waals surface area (Å²) in [6, 6.07) is 19.6. The summed E-state index contributed by atoms with van der Waals surface area (Å²) >= 11 is 5.48. The lowest BCUT2D eigenvalue weighted by Crippen LogP contribution is -2.38. The van der Waals surface area contributed by atoms with Crippen LogP contribution in [0.2, 0.25) is 0 Å². The van der Waals surface area contributed by atoms with Crippen molar-refractivity contribution in [2.45, 2.75) is 38.3 Å². The molecule has 178 valence electrons.